The van der Waals surface area contributed by atoms with Gasteiger partial charge in [-0.3, -0.25) is 0 Å². The molecule has 0 unspecified atom stereocenters. The number of aliphatic hydroxyl groups is 2. The van der Waals surface area contributed by atoms with Crippen LogP contribution in [0, 0.1) is 0 Å². The highest BCUT2D eigenvalue weighted by Crippen LogP contribution is 2.16. The molecular weight excluding hydrogens is 184 g/mol. The number of methoxy groups -OCH3 is 1. The van der Waals surface area contributed by atoms with Crippen LogP contribution in [-0.2, 0) is 9.53 Å². The summed E-state index contributed by atoms with van der Waals surface area (Å²) in [5.74, 6) is -0.846. The summed E-state index contributed by atoms with van der Waals surface area (Å²) in [7, 11) is 1.16. The van der Waals surface area contributed by atoms with Gasteiger partial charge in [-0.2, -0.15) is 0 Å². The summed E-state index contributed by atoms with van der Waals surface area (Å²) in [6.07, 6.45) is -2.79. The van der Waals surface area contributed by atoms with Crippen molar-refractivity contribution in [3.8, 4) is 0 Å². The lowest BCUT2D eigenvalue weighted by Gasteiger charge is -2.15. The van der Waals surface area contributed by atoms with Crippen molar-refractivity contribution in [2.75, 3.05) is 7.11 Å². The van der Waals surface area contributed by atoms with Crippen LogP contribution in [0.3, 0.4) is 0 Å². The maximum Gasteiger partial charge on any atom is 0.337 e. The molecule has 2 atom stereocenters. The molecule has 0 spiro atoms. The number of benzene rings is 1. The first-order chi connectivity index (χ1) is 6.66. The van der Waals surface area contributed by atoms with E-state index in [-0.39, 0.29) is 0 Å². The minimum atomic E-state index is -1.54. The van der Waals surface area contributed by atoms with Gasteiger partial charge in [-0.1, -0.05) is 30.3 Å². The minimum absolute atomic E-state index is 0.477. The molecule has 0 fully saturated rings. The second kappa shape index (κ2) is 4.74. The van der Waals surface area contributed by atoms with Crippen molar-refractivity contribution < 1.29 is 19.7 Å². The van der Waals surface area contributed by atoms with Gasteiger partial charge in [0.05, 0.1) is 7.11 Å². The molecule has 2 N–H and O–H groups in total. The summed E-state index contributed by atoms with van der Waals surface area (Å²) in [5, 5.41) is 18.9. The van der Waals surface area contributed by atoms with Crippen molar-refractivity contribution in [1.29, 1.82) is 0 Å². The maximum absolute atomic E-state index is 10.9. The molecule has 0 bridgehead atoms. The number of rotatable bonds is 3. The molecule has 0 radical (unpaired) electrons. The van der Waals surface area contributed by atoms with Crippen LogP contribution in [-0.4, -0.2) is 29.4 Å². The molecule has 0 aliphatic carbocycles. The van der Waals surface area contributed by atoms with Crippen molar-refractivity contribution in [3.05, 3.63) is 35.9 Å². The number of carbonyl (C=O) groups is 1. The summed E-state index contributed by atoms with van der Waals surface area (Å²) in [6.45, 7) is 0. The van der Waals surface area contributed by atoms with Crippen LogP contribution in [0.15, 0.2) is 30.3 Å². The third kappa shape index (κ3) is 2.31. The zero-order valence-corrected chi connectivity index (χ0v) is 7.75. The third-order valence-corrected chi connectivity index (χ3v) is 1.88. The van der Waals surface area contributed by atoms with Crippen LogP contribution in [0.5, 0.6) is 0 Å². The fourth-order valence-electron chi connectivity index (χ4n) is 1.08. The number of ether oxygens (including phenoxy) is 1. The van der Waals surface area contributed by atoms with Crippen molar-refractivity contribution >= 4 is 5.97 Å². The second-order valence-electron chi connectivity index (χ2n) is 2.82. The normalized spacial score (nSPS) is 14.5. The van der Waals surface area contributed by atoms with Crippen LogP contribution in [0.2, 0.25) is 0 Å². The van der Waals surface area contributed by atoms with Gasteiger partial charge in [-0.15, -0.1) is 0 Å². The first kappa shape index (κ1) is 10.7. The molecule has 1 aromatic rings. The van der Waals surface area contributed by atoms with Gasteiger partial charge < -0.3 is 14.9 Å². The Bertz CT molecular complexity index is 296. The Morgan fingerprint density at radius 1 is 1.29 bits per heavy atom. The van der Waals surface area contributed by atoms with E-state index in [2.05, 4.69) is 4.74 Å². The highest BCUT2D eigenvalue weighted by Gasteiger charge is 2.25. The third-order valence-electron chi connectivity index (χ3n) is 1.88. The average Bonchev–Trinajstić information content (AvgIpc) is 2.27. The zero-order chi connectivity index (χ0) is 10.6. The molecule has 4 heteroatoms. The van der Waals surface area contributed by atoms with E-state index in [1.807, 2.05) is 0 Å². The monoisotopic (exact) mass is 196 g/mol. The van der Waals surface area contributed by atoms with E-state index < -0.39 is 18.2 Å². The summed E-state index contributed by atoms with van der Waals surface area (Å²) in [5.41, 5.74) is 0.477. The Balaban J connectivity index is 2.75. The molecule has 0 aromatic heterocycles. The Kier molecular flexibility index (Phi) is 3.62. The average molecular weight is 196 g/mol. The van der Waals surface area contributed by atoms with Crippen molar-refractivity contribution in [1.82, 2.24) is 0 Å². The zero-order valence-electron chi connectivity index (χ0n) is 7.75. The molecule has 0 saturated carbocycles. The van der Waals surface area contributed by atoms with Gasteiger partial charge in [0, 0.05) is 0 Å². The van der Waals surface area contributed by atoms with Gasteiger partial charge in [0.2, 0.25) is 0 Å². The van der Waals surface area contributed by atoms with Crippen molar-refractivity contribution in [2.45, 2.75) is 12.2 Å². The predicted molar refractivity (Wildman–Crippen MR) is 49.4 cm³/mol. The summed E-state index contributed by atoms with van der Waals surface area (Å²) in [6, 6.07) is 8.44. The molecule has 0 amide bonds. The van der Waals surface area contributed by atoms with Gasteiger partial charge in [0.25, 0.3) is 0 Å². The number of esters is 1. The lowest BCUT2D eigenvalue weighted by Crippen LogP contribution is -2.28. The fourth-order valence-corrected chi connectivity index (χ4v) is 1.08. The van der Waals surface area contributed by atoms with Gasteiger partial charge in [0.1, 0.15) is 6.10 Å². The smallest absolute Gasteiger partial charge is 0.337 e. The van der Waals surface area contributed by atoms with E-state index in [0.29, 0.717) is 5.56 Å². The molecule has 14 heavy (non-hydrogen) atoms. The summed E-state index contributed by atoms with van der Waals surface area (Å²) >= 11 is 0. The van der Waals surface area contributed by atoms with Crippen LogP contribution in [0.1, 0.15) is 11.7 Å². The van der Waals surface area contributed by atoms with Crippen LogP contribution in [0.4, 0.5) is 0 Å². The van der Waals surface area contributed by atoms with Gasteiger partial charge in [-0.25, -0.2) is 4.79 Å². The molecule has 76 valence electrons. The summed E-state index contributed by atoms with van der Waals surface area (Å²) in [4.78, 5) is 10.9. The van der Waals surface area contributed by atoms with E-state index in [1.54, 1.807) is 30.3 Å². The summed E-state index contributed by atoms with van der Waals surface area (Å²) < 4.78 is 4.31. The van der Waals surface area contributed by atoms with Gasteiger partial charge >= 0.3 is 5.97 Å². The molecule has 0 heterocycles. The Morgan fingerprint density at radius 2 is 1.86 bits per heavy atom. The van der Waals surface area contributed by atoms with E-state index in [4.69, 9.17) is 0 Å². The minimum Gasteiger partial charge on any atom is -0.467 e. The first-order valence-electron chi connectivity index (χ1n) is 4.15. The van der Waals surface area contributed by atoms with E-state index in [9.17, 15) is 15.0 Å². The Labute approximate surface area is 81.8 Å². The number of aliphatic hydroxyl groups excluding tert-OH is 2. The lowest BCUT2D eigenvalue weighted by atomic mass is 10.1. The van der Waals surface area contributed by atoms with E-state index in [1.165, 1.54) is 0 Å². The van der Waals surface area contributed by atoms with E-state index in [0.717, 1.165) is 7.11 Å². The van der Waals surface area contributed by atoms with Crippen LogP contribution < -0.4 is 0 Å². The maximum atomic E-state index is 10.9. The molecule has 0 saturated heterocycles. The lowest BCUT2D eigenvalue weighted by molar-refractivity contribution is -0.156. The fraction of sp³-hybridized carbons (Fsp3) is 0.300. The van der Waals surface area contributed by atoms with Crippen LogP contribution >= 0.6 is 0 Å². The number of hydrogen-bond acceptors (Lipinski definition) is 4. The number of hydrogen-bond donors (Lipinski definition) is 2. The van der Waals surface area contributed by atoms with Crippen molar-refractivity contribution in [2.24, 2.45) is 0 Å². The molecule has 1 rings (SSSR count). The molecule has 0 aliphatic rings. The molecule has 4 nitrogen and oxygen atoms in total. The molecule has 0 aliphatic heterocycles. The SMILES string of the molecule is COC(=O)[C@@H](O)[C@@H](O)c1ccccc1. The van der Waals surface area contributed by atoms with E-state index >= 15 is 0 Å². The van der Waals surface area contributed by atoms with Gasteiger partial charge in [-0.05, 0) is 5.56 Å². The molecule has 1 aromatic carbocycles. The second-order valence-corrected chi connectivity index (χ2v) is 2.82. The largest absolute Gasteiger partial charge is 0.467 e. The predicted octanol–water partition coefficient (Wildman–Crippen LogP) is 0.254. The Hall–Kier alpha value is -1.39. The number of carbonyl (C=O) groups excluding carboxylic acids is 1. The highest BCUT2D eigenvalue weighted by molar-refractivity contribution is 5.75. The molecular formula is C10H12O4. The van der Waals surface area contributed by atoms with Crippen LogP contribution in [0.25, 0.3) is 0 Å². The van der Waals surface area contributed by atoms with Crippen molar-refractivity contribution in [3.63, 3.8) is 0 Å². The quantitative estimate of drug-likeness (QED) is 0.680. The highest BCUT2D eigenvalue weighted by atomic mass is 16.5. The first-order valence-corrected chi connectivity index (χ1v) is 4.15. The topological polar surface area (TPSA) is 66.8 Å². The standard InChI is InChI=1S/C10H12O4/c1-14-10(13)9(12)8(11)7-5-3-2-4-6-7/h2-6,8-9,11-12H,1H3/t8-,9-/m0/s1. The van der Waals surface area contributed by atoms with Gasteiger partial charge in [0.15, 0.2) is 6.10 Å². The Morgan fingerprint density at radius 3 is 2.36 bits per heavy atom.